The Balaban J connectivity index is 1.89. The summed E-state index contributed by atoms with van der Waals surface area (Å²) in [5.41, 5.74) is 0.633. The Morgan fingerprint density at radius 2 is 1.79 bits per heavy atom. The van der Waals surface area contributed by atoms with Crippen molar-refractivity contribution in [1.82, 2.24) is 10.2 Å². The van der Waals surface area contributed by atoms with Gasteiger partial charge >= 0.3 is 0 Å². The summed E-state index contributed by atoms with van der Waals surface area (Å²) in [4.78, 5) is 26.5. The van der Waals surface area contributed by atoms with Gasteiger partial charge in [0.1, 0.15) is 0 Å². The van der Waals surface area contributed by atoms with Gasteiger partial charge in [0, 0.05) is 17.8 Å². The van der Waals surface area contributed by atoms with Crippen LogP contribution in [-0.2, 0) is 9.59 Å². The summed E-state index contributed by atoms with van der Waals surface area (Å²) in [6.45, 7) is 6.79. The molecule has 0 aromatic heterocycles. The van der Waals surface area contributed by atoms with Crippen molar-refractivity contribution in [2.45, 2.75) is 58.5 Å². The second kappa shape index (κ2) is 10.9. The summed E-state index contributed by atoms with van der Waals surface area (Å²) < 4.78 is 11.1. The van der Waals surface area contributed by atoms with Crippen LogP contribution in [0.4, 0.5) is 5.69 Å². The molecule has 2 amide bonds. The van der Waals surface area contributed by atoms with Crippen molar-refractivity contribution < 1.29 is 19.1 Å². The number of hydrogen-bond donors (Lipinski definition) is 2. The van der Waals surface area contributed by atoms with E-state index in [0.29, 0.717) is 30.4 Å². The van der Waals surface area contributed by atoms with Gasteiger partial charge in [-0.15, -0.1) is 0 Å². The van der Waals surface area contributed by atoms with E-state index in [2.05, 4.69) is 10.6 Å². The minimum atomic E-state index is -0.370. The number of benzene rings is 1. The molecule has 0 spiro atoms. The number of hydrogen-bond acceptors (Lipinski definition) is 5. The topological polar surface area (TPSA) is 79.9 Å². The fourth-order valence-corrected chi connectivity index (χ4v) is 3.28. The zero-order chi connectivity index (χ0) is 20.5. The Morgan fingerprint density at radius 1 is 1.14 bits per heavy atom. The summed E-state index contributed by atoms with van der Waals surface area (Å²) in [5.74, 6) is 1.04. The fraction of sp³-hybridized carbons (Fsp3) is 0.619. The second-order valence-corrected chi connectivity index (χ2v) is 7.16. The van der Waals surface area contributed by atoms with Crippen molar-refractivity contribution in [1.29, 1.82) is 0 Å². The number of amides is 2. The normalized spacial score (nSPS) is 15.3. The van der Waals surface area contributed by atoms with Crippen LogP contribution in [0.25, 0.3) is 0 Å². The highest BCUT2D eigenvalue weighted by Gasteiger charge is 2.24. The van der Waals surface area contributed by atoms with E-state index in [-0.39, 0.29) is 30.4 Å². The molecule has 1 saturated carbocycles. The number of nitrogens with one attached hydrogen (secondary N) is 2. The van der Waals surface area contributed by atoms with Gasteiger partial charge in [-0.2, -0.15) is 0 Å². The molecule has 1 atom stereocenters. The van der Waals surface area contributed by atoms with E-state index in [0.717, 1.165) is 12.8 Å². The number of rotatable bonds is 10. The van der Waals surface area contributed by atoms with E-state index in [9.17, 15) is 9.59 Å². The molecular weight excluding hydrogens is 358 g/mol. The van der Waals surface area contributed by atoms with E-state index < -0.39 is 0 Å². The third-order valence-electron chi connectivity index (χ3n) is 4.96. The zero-order valence-electron chi connectivity index (χ0n) is 17.4. The Bertz CT molecular complexity index is 659. The van der Waals surface area contributed by atoms with Gasteiger partial charge in [-0.3, -0.25) is 14.5 Å². The zero-order valence-corrected chi connectivity index (χ0v) is 17.4. The summed E-state index contributed by atoms with van der Waals surface area (Å²) in [7, 11) is 1.78. The van der Waals surface area contributed by atoms with Gasteiger partial charge in [0.25, 0.3) is 0 Å². The summed E-state index contributed by atoms with van der Waals surface area (Å²) in [5, 5.41) is 5.94. The Hall–Kier alpha value is -2.28. The molecule has 0 radical (unpaired) electrons. The van der Waals surface area contributed by atoms with Crippen molar-refractivity contribution in [3.8, 4) is 11.5 Å². The van der Waals surface area contributed by atoms with E-state index in [1.165, 1.54) is 12.8 Å². The summed E-state index contributed by atoms with van der Waals surface area (Å²) in [6.07, 6.45) is 4.43. The maximum absolute atomic E-state index is 12.4. The molecule has 2 rings (SSSR count). The molecule has 7 nitrogen and oxygen atoms in total. The van der Waals surface area contributed by atoms with Crippen LogP contribution in [0, 0.1) is 0 Å². The molecule has 28 heavy (non-hydrogen) atoms. The molecule has 1 aliphatic carbocycles. The van der Waals surface area contributed by atoms with Crippen LogP contribution in [0.15, 0.2) is 18.2 Å². The number of anilines is 1. The molecular formula is C21H33N3O4. The maximum atomic E-state index is 12.4. The third kappa shape index (κ3) is 6.41. The monoisotopic (exact) mass is 391 g/mol. The van der Waals surface area contributed by atoms with E-state index in [4.69, 9.17) is 9.47 Å². The predicted molar refractivity (Wildman–Crippen MR) is 110 cm³/mol. The minimum absolute atomic E-state index is 0.0260. The molecule has 2 N–H and O–H groups in total. The van der Waals surface area contributed by atoms with Gasteiger partial charge in [0.15, 0.2) is 11.5 Å². The minimum Gasteiger partial charge on any atom is -0.490 e. The smallest absolute Gasteiger partial charge is 0.238 e. The lowest BCUT2D eigenvalue weighted by Crippen LogP contribution is -2.48. The first kappa shape index (κ1) is 22.0. The highest BCUT2D eigenvalue weighted by Crippen LogP contribution is 2.30. The fourth-order valence-electron chi connectivity index (χ4n) is 3.28. The van der Waals surface area contributed by atoms with Crippen molar-refractivity contribution in [3.05, 3.63) is 18.2 Å². The van der Waals surface area contributed by atoms with Gasteiger partial charge in [-0.1, -0.05) is 12.8 Å². The van der Waals surface area contributed by atoms with Crippen LogP contribution < -0.4 is 20.1 Å². The lowest BCUT2D eigenvalue weighted by atomic mass is 10.2. The average Bonchev–Trinajstić information content (AvgIpc) is 3.16. The number of carbonyl (C=O) groups excluding carboxylic acids is 2. The molecule has 0 unspecified atom stereocenters. The molecule has 1 aromatic rings. The van der Waals surface area contributed by atoms with Gasteiger partial charge in [-0.05, 0) is 52.8 Å². The van der Waals surface area contributed by atoms with Gasteiger partial charge < -0.3 is 20.1 Å². The SMILES string of the molecule is CCOc1ccc(NC(=O)CN(C)[C@H](C)C(=O)NC2CCCC2)cc1OCC. The standard InChI is InChI=1S/C21H33N3O4/c1-5-27-18-12-11-17(13-19(18)28-6-2)22-20(25)14-24(4)15(3)21(26)23-16-9-7-8-10-16/h11-13,15-16H,5-10,14H2,1-4H3,(H,22,25)(H,23,26)/t15-/m1/s1. The molecule has 1 aliphatic rings. The van der Waals surface area contributed by atoms with Crippen LogP contribution in [0.1, 0.15) is 46.5 Å². The van der Waals surface area contributed by atoms with Crippen molar-refractivity contribution >= 4 is 17.5 Å². The van der Waals surface area contributed by atoms with Gasteiger partial charge in [0.05, 0.1) is 25.8 Å². The van der Waals surface area contributed by atoms with Gasteiger partial charge in [0.2, 0.25) is 11.8 Å². The lowest BCUT2D eigenvalue weighted by molar-refractivity contribution is -0.127. The quantitative estimate of drug-likeness (QED) is 0.641. The van der Waals surface area contributed by atoms with Gasteiger partial charge in [-0.25, -0.2) is 0 Å². The molecule has 7 heteroatoms. The molecule has 0 aliphatic heterocycles. The Kier molecular flexibility index (Phi) is 8.57. The molecule has 1 aromatic carbocycles. The molecule has 156 valence electrons. The number of nitrogens with zero attached hydrogens (tertiary/aromatic N) is 1. The van der Waals surface area contributed by atoms with E-state index in [1.54, 1.807) is 30.1 Å². The first-order chi connectivity index (χ1) is 13.4. The van der Waals surface area contributed by atoms with Crippen LogP contribution in [0.3, 0.4) is 0 Å². The summed E-state index contributed by atoms with van der Waals surface area (Å²) in [6, 6.07) is 5.22. The van der Waals surface area contributed by atoms with Crippen LogP contribution >= 0.6 is 0 Å². The van der Waals surface area contributed by atoms with Crippen LogP contribution in [-0.4, -0.2) is 55.6 Å². The van der Waals surface area contributed by atoms with Crippen LogP contribution in [0.5, 0.6) is 11.5 Å². The molecule has 0 heterocycles. The van der Waals surface area contributed by atoms with E-state index >= 15 is 0 Å². The van der Waals surface area contributed by atoms with Crippen molar-refractivity contribution in [3.63, 3.8) is 0 Å². The largest absolute Gasteiger partial charge is 0.490 e. The number of carbonyl (C=O) groups is 2. The van der Waals surface area contributed by atoms with Crippen molar-refractivity contribution in [2.75, 3.05) is 32.1 Å². The average molecular weight is 392 g/mol. The van der Waals surface area contributed by atoms with Crippen molar-refractivity contribution in [2.24, 2.45) is 0 Å². The predicted octanol–water partition coefficient (Wildman–Crippen LogP) is 2.80. The number of ether oxygens (including phenoxy) is 2. The Morgan fingerprint density at radius 3 is 2.43 bits per heavy atom. The van der Waals surface area contributed by atoms with Crippen LogP contribution in [0.2, 0.25) is 0 Å². The lowest BCUT2D eigenvalue weighted by Gasteiger charge is -2.25. The molecule has 0 bridgehead atoms. The number of likely N-dealkylation sites (N-methyl/N-ethyl adjacent to an activating group) is 1. The third-order valence-corrected chi connectivity index (χ3v) is 4.96. The molecule has 1 fully saturated rings. The first-order valence-corrected chi connectivity index (χ1v) is 10.1. The van der Waals surface area contributed by atoms with E-state index in [1.807, 2.05) is 20.8 Å². The highest BCUT2D eigenvalue weighted by atomic mass is 16.5. The first-order valence-electron chi connectivity index (χ1n) is 10.1. The summed E-state index contributed by atoms with van der Waals surface area (Å²) >= 11 is 0. The second-order valence-electron chi connectivity index (χ2n) is 7.16. The highest BCUT2D eigenvalue weighted by molar-refractivity contribution is 5.93. The Labute approximate surface area is 167 Å². The maximum Gasteiger partial charge on any atom is 0.238 e. The molecule has 0 saturated heterocycles.